The number of fused-ring (bicyclic) bond motifs is 1. The molecule has 3 nitrogen and oxygen atoms in total. The van der Waals surface area contributed by atoms with Crippen molar-refractivity contribution in [3.63, 3.8) is 0 Å². The zero-order valence-electron chi connectivity index (χ0n) is 6.61. The van der Waals surface area contributed by atoms with E-state index in [0.29, 0.717) is 22.1 Å². The van der Waals surface area contributed by atoms with Gasteiger partial charge in [-0.25, -0.2) is 0 Å². The lowest BCUT2D eigenvalue weighted by molar-refractivity contribution is 0.615. The first-order valence-corrected chi connectivity index (χ1v) is 3.67. The Morgan fingerprint density at radius 1 is 1.00 bits per heavy atom. The molecule has 2 rings (SSSR count). The van der Waals surface area contributed by atoms with Gasteiger partial charge < -0.3 is 4.42 Å². The van der Waals surface area contributed by atoms with Crippen LogP contribution in [-0.2, 0) is 0 Å². The van der Waals surface area contributed by atoms with Crippen LogP contribution in [0.2, 0.25) is 0 Å². The predicted octanol–water partition coefficient (Wildman–Crippen LogP) is 2.18. The van der Waals surface area contributed by atoms with Gasteiger partial charge in [0.05, 0.1) is 23.5 Å². The van der Waals surface area contributed by atoms with Gasteiger partial charge in [0.2, 0.25) is 0 Å². The van der Waals surface area contributed by atoms with E-state index in [1.54, 1.807) is 18.2 Å². The molecule has 1 aromatic carbocycles. The van der Waals surface area contributed by atoms with Crippen molar-refractivity contribution in [1.29, 1.82) is 10.5 Å². The molecule has 0 radical (unpaired) electrons. The van der Waals surface area contributed by atoms with E-state index >= 15 is 0 Å². The van der Waals surface area contributed by atoms with Gasteiger partial charge in [-0.05, 0) is 18.2 Å². The molecule has 0 amide bonds. The van der Waals surface area contributed by atoms with E-state index in [1.807, 2.05) is 12.1 Å². The first-order valence-electron chi connectivity index (χ1n) is 3.67. The summed E-state index contributed by atoms with van der Waals surface area (Å²) in [6.07, 6.45) is 1.48. The zero-order valence-corrected chi connectivity index (χ0v) is 6.61. The van der Waals surface area contributed by atoms with E-state index in [4.69, 9.17) is 14.9 Å². The first-order chi connectivity index (χ1) is 6.36. The van der Waals surface area contributed by atoms with Crippen molar-refractivity contribution in [3.8, 4) is 12.1 Å². The minimum atomic E-state index is 0.457. The maximum absolute atomic E-state index is 8.74. The number of nitriles is 2. The van der Waals surface area contributed by atoms with E-state index in [9.17, 15) is 0 Å². The third-order valence-corrected chi connectivity index (χ3v) is 1.86. The summed E-state index contributed by atoms with van der Waals surface area (Å²) in [5, 5.41) is 18.2. The third kappa shape index (κ3) is 0.953. The molecule has 3 heteroatoms. The molecule has 1 heterocycles. The Bertz CT molecular complexity index is 492. The lowest BCUT2D eigenvalue weighted by atomic mass is 10.1. The van der Waals surface area contributed by atoms with Crippen molar-refractivity contribution in [2.45, 2.75) is 0 Å². The molecule has 0 N–H and O–H groups in total. The van der Waals surface area contributed by atoms with Crippen LogP contribution in [0.1, 0.15) is 11.1 Å². The lowest BCUT2D eigenvalue weighted by Gasteiger charge is -1.92. The molecular formula is C10H4N2O. The van der Waals surface area contributed by atoms with Crippen molar-refractivity contribution < 1.29 is 4.42 Å². The predicted molar refractivity (Wildman–Crippen MR) is 45.6 cm³/mol. The highest BCUT2D eigenvalue weighted by atomic mass is 16.3. The maximum atomic E-state index is 8.74. The molecule has 2 aromatic rings. The van der Waals surface area contributed by atoms with Crippen LogP contribution in [0.5, 0.6) is 0 Å². The Labute approximate surface area is 74.4 Å². The zero-order chi connectivity index (χ0) is 9.26. The van der Waals surface area contributed by atoms with E-state index in [1.165, 1.54) is 6.26 Å². The molecule has 60 valence electrons. The molecule has 0 saturated heterocycles. The van der Waals surface area contributed by atoms with Crippen LogP contribution in [0.15, 0.2) is 28.9 Å². The standard InChI is InChI=1S/C10H4N2O/c11-5-7-1-2-8(6-12)10-9(7)3-4-13-10/h1-4H. The van der Waals surface area contributed by atoms with E-state index < -0.39 is 0 Å². The van der Waals surface area contributed by atoms with E-state index in [2.05, 4.69) is 0 Å². The van der Waals surface area contributed by atoms with Gasteiger partial charge in [0.1, 0.15) is 6.07 Å². The summed E-state index contributed by atoms with van der Waals surface area (Å²) in [5.41, 5.74) is 1.48. The van der Waals surface area contributed by atoms with Crippen LogP contribution in [-0.4, -0.2) is 0 Å². The quantitative estimate of drug-likeness (QED) is 0.605. The average Bonchev–Trinajstić information content (AvgIpc) is 2.64. The van der Waals surface area contributed by atoms with Crippen LogP contribution in [0.3, 0.4) is 0 Å². The SMILES string of the molecule is N#Cc1ccc(C#N)c2occc12. The third-order valence-electron chi connectivity index (χ3n) is 1.86. The van der Waals surface area contributed by atoms with Crippen LogP contribution < -0.4 is 0 Å². The molecule has 13 heavy (non-hydrogen) atoms. The van der Waals surface area contributed by atoms with Crippen molar-refractivity contribution in [3.05, 3.63) is 35.6 Å². The summed E-state index contributed by atoms with van der Waals surface area (Å²) in [4.78, 5) is 0. The Balaban J connectivity index is 2.93. The van der Waals surface area contributed by atoms with Crippen molar-refractivity contribution in [1.82, 2.24) is 0 Å². The van der Waals surface area contributed by atoms with Crippen molar-refractivity contribution in [2.24, 2.45) is 0 Å². The molecule has 0 aliphatic carbocycles. The number of hydrogen-bond acceptors (Lipinski definition) is 3. The fourth-order valence-corrected chi connectivity index (χ4v) is 1.25. The highest BCUT2D eigenvalue weighted by Gasteiger charge is 2.07. The first kappa shape index (κ1) is 7.39. The van der Waals surface area contributed by atoms with Gasteiger partial charge in [-0.1, -0.05) is 0 Å². The Morgan fingerprint density at radius 2 is 1.69 bits per heavy atom. The second-order valence-electron chi connectivity index (χ2n) is 2.55. The van der Waals surface area contributed by atoms with E-state index in [-0.39, 0.29) is 0 Å². The molecule has 0 atom stereocenters. The highest BCUT2D eigenvalue weighted by Crippen LogP contribution is 2.22. The normalized spacial score (nSPS) is 9.38. The van der Waals surface area contributed by atoms with Gasteiger partial charge in [-0.3, -0.25) is 0 Å². The summed E-state index contributed by atoms with van der Waals surface area (Å²) >= 11 is 0. The fourth-order valence-electron chi connectivity index (χ4n) is 1.25. The van der Waals surface area contributed by atoms with E-state index in [0.717, 1.165) is 0 Å². The number of hydrogen-bond donors (Lipinski definition) is 0. The smallest absolute Gasteiger partial charge is 0.152 e. The fraction of sp³-hybridized carbons (Fsp3) is 0. The summed E-state index contributed by atoms with van der Waals surface area (Å²) in [6, 6.07) is 8.94. The van der Waals surface area contributed by atoms with Gasteiger partial charge in [0.15, 0.2) is 5.58 Å². The summed E-state index contributed by atoms with van der Waals surface area (Å²) in [7, 11) is 0. The topological polar surface area (TPSA) is 60.7 Å². The Kier molecular flexibility index (Phi) is 1.51. The summed E-state index contributed by atoms with van der Waals surface area (Å²) in [6.45, 7) is 0. The number of benzene rings is 1. The number of nitrogens with zero attached hydrogens (tertiary/aromatic N) is 2. The van der Waals surface area contributed by atoms with Gasteiger partial charge in [0.25, 0.3) is 0 Å². The molecule has 0 fully saturated rings. The van der Waals surface area contributed by atoms with Crippen molar-refractivity contribution >= 4 is 11.0 Å². The largest absolute Gasteiger partial charge is 0.463 e. The second-order valence-corrected chi connectivity index (χ2v) is 2.55. The van der Waals surface area contributed by atoms with Crippen LogP contribution in [0, 0.1) is 22.7 Å². The maximum Gasteiger partial charge on any atom is 0.152 e. The summed E-state index contributed by atoms with van der Waals surface area (Å²) in [5.74, 6) is 0. The molecule has 1 aromatic heterocycles. The number of rotatable bonds is 0. The van der Waals surface area contributed by atoms with Crippen LogP contribution in [0.4, 0.5) is 0 Å². The van der Waals surface area contributed by atoms with Crippen LogP contribution in [0.25, 0.3) is 11.0 Å². The Morgan fingerprint density at radius 3 is 2.38 bits per heavy atom. The van der Waals surface area contributed by atoms with Gasteiger partial charge >= 0.3 is 0 Å². The molecule has 0 aliphatic rings. The molecule has 0 aliphatic heterocycles. The molecule has 0 bridgehead atoms. The van der Waals surface area contributed by atoms with Crippen LogP contribution >= 0.6 is 0 Å². The highest BCUT2D eigenvalue weighted by molar-refractivity contribution is 5.87. The Hall–Kier alpha value is -2.26. The molecule has 0 unspecified atom stereocenters. The minimum Gasteiger partial charge on any atom is -0.463 e. The lowest BCUT2D eigenvalue weighted by Crippen LogP contribution is -1.79. The van der Waals surface area contributed by atoms with Crippen molar-refractivity contribution in [2.75, 3.05) is 0 Å². The molecular weight excluding hydrogens is 164 g/mol. The molecule has 0 saturated carbocycles. The minimum absolute atomic E-state index is 0.457. The monoisotopic (exact) mass is 168 g/mol. The van der Waals surface area contributed by atoms with Gasteiger partial charge in [0, 0.05) is 5.39 Å². The summed E-state index contributed by atoms with van der Waals surface area (Å²) < 4.78 is 5.11. The number of furan rings is 1. The molecule has 0 spiro atoms. The average molecular weight is 168 g/mol. The van der Waals surface area contributed by atoms with Gasteiger partial charge in [-0.2, -0.15) is 10.5 Å². The van der Waals surface area contributed by atoms with Gasteiger partial charge in [-0.15, -0.1) is 0 Å². The second kappa shape index (κ2) is 2.66.